The van der Waals surface area contributed by atoms with Crippen LogP contribution in [0.4, 0.5) is 0 Å². The molecule has 0 atom stereocenters. The molecular weight excluding hydrogens is 325 g/mol. The van der Waals surface area contributed by atoms with Crippen LogP contribution < -0.4 is 11.5 Å². The molecule has 0 radical (unpaired) electrons. The summed E-state index contributed by atoms with van der Waals surface area (Å²) < 4.78 is 0. The van der Waals surface area contributed by atoms with E-state index in [0.29, 0.717) is 32.9 Å². The van der Waals surface area contributed by atoms with Crippen molar-refractivity contribution in [2.45, 2.75) is 9.79 Å². The van der Waals surface area contributed by atoms with Gasteiger partial charge in [0.1, 0.15) is 0 Å². The standard InChI is InChI=1S/C6H4Cl2S2.C2H8N2.Zn/c7-3-1-2-4(8)6(10)5(3)9;3-1-2-4;/h1-2,9-10H;1-4H2;/q;;+2/p-2. The van der Waals surface area contributed by atoms with Crippen molar-refractivity contribution < 1.29 is 19.5 Å². The molecule has 0 amide bonds. The predicted octanol–water partition coefficient (Wildman–Crippen LogP) is 1.71. The first-order valence-electron chi connectivity index (χ1n) is 3.76. The fourth-order valence-corrected chi connectivity index (χ4v) is 1.30. The van der Waals surface area contributed by atoms with E-state index in [2.05, 4.69) is 0 Å². The number of nitrogens with two attached hydrogens (primary N) is 2. The van der Waals surface area contributed by atoms with Gasteiger partial charge in [-0.25, -0.2) is 0 Å². The first kappa shape index (κ1) is 18.2. The third-order valence-corrected chi connectivity index (χ3v) is 3.01. The Hall–Kier alpha value is 0.783. The van der Waals surface area contributed by atoms with Crippen LogP contribution in [0.3, 0.4) is 0 Å². The molecule has 0 saturated carbocycles. The molecule has 7 heteroatoms. The second-order valence-corrected chi connectivity index (χ2v) is 3.90. The van der Waals surface area contributed by atoms with Crippen molar-refractivity contribution >= 4 is 48.5 Å². The van der Waals surface area contributed by atoms with E-state index in [1.54, 1.807) is 12.1 Å². The molecule has 0 saturated heterocycles. The average Bonchev–Trinajstić information content (AvgIpc) is 2.21. The van der Waals surface area contributed by atoms with E-state index < -0.39 is 0 Å². The average molecular weight is 335 g/mol. The molecule has 2 nitrogen and oxygen atoms in total. The summed E-state index contributed by atoms with van der Waals surface area (Å²) in [6.07, 6.45) is 0. The zero-order chi connectivity index (χ0) is 11.1. The van der Waals surface area contributed by atoms with E-state index in [1.807, 2.05) is 0 Å². The maximum Gasteiger partial charge on any atom is 2.00 e. The molecule has 0 fully saturated rings. The number of hydrogen-bond donors (Lipinski definition) is 2. The summed E-state index contributed by atoms with van der Waals surface area (Å²) in [6, 6.07) is 3.28. The molecule has 0 aliphatic heterocycles. The summed E-state index contributed by atoms with van der Waals surface area (Å²) in [6.45, 7) is 1.19. The van der Waals surface area contributed by atoms with Gasteiger partial charge in [-0.1, -0.05) is 23.2 Å². The Balaban J connectivity index is 0. The van der Waals surface area contributed by atoms with Crippen LogP contribution in [0.1, 0.15) is 0 Å². The van der Waals surface area contributed by atoms with Gasteiger partial charge in [-0.15, -0.1) is 0 Å². The maximum absolute atomic E-state index is 5.66. The maximum atomic E-state index is 5.66. The van der Waals surface area contributed by atoms with Gasteiger partial charge in [-0.3, -0.25) is 0 Å². The van der Waals surface area contributed by atoms with Crippen LogP contribution in [-0.2, 0) is 44.7 Å². The first-order chi connectivity index (χ1) is 6.54. The van der Waals surface area contributed by atoms with Crippen molar-refractivity contribution in [3.05, 3.63) is 22.2 Å². The quantitative estimate of drug-likeness (QED) is 0.606. The molecule has 0 aromatic heterocycles. The van der Waals surface area contributed by atoms with E-state index in [0.717, 1.165) is 0 Å². The van der Waals surface area contributed by atoms with Crippen LogP contribution in [-0.4, -0.2) is 13.1 Å². The Morgan fingerprint density at radius 2 is 1.20 bits per heavy atom. The zero-order valence-electron chi connectivity index (χ0n) is 8.00. The molecule has 0 bridgehead atoms. The van der Waals surface area contributed by atoms with Gasteiger partial charge in [0, 0.05) is 23.1 Å². The van der Waals surface area contributed by atoms with Gasteiger partial charge >= 0.3 is 19.5 Å². The number of benzene rings is 1. The van der Waals surface area contributed by atoms with Gasteiger partial charge in [0.2, 0.25) is 0 Å². The first-order valence-corrected chi connectivity index (χ1v) is 5.34. The van der Waals surface area contributed by atoms with Crippen LogP contribution in [0, 0.1) is 0 Å². The predicted molar refractivity (Wildman–Crippen MR) is 65.8 cm³/mol. The molecule has 0 aliphatic rings. The van der Waals surface area contributed by atoms with Gasteiger partial charge in [-0.2, -0.15) is 9.79 Å². The smallest absolute Gasteiger partial charge is 0.780 e. The number of halogens is 2. The van der Waals surface area contributed by atoms with Gasteiger partial charge in [-0.05, 0) is 12.1 Å². The fraction of sp³-hybridized carbons (Fsp3) is 0.250. The van der Waals surface area contributed by atoms with Gasteiger partial charge in [0.25, 0.3) is 0 Å². The molecule has 1 aromatic carbocycles. The molecule has 0 spiro atoms. The van der Waals surface area contributed by atoms with Crippen LogP contribution in [0.2, 0.25) is 10.0 Å². The summed E-state index contributed by atoms with van der Waals surface area (Å²) in [4.78, 5) is 0.924. The number of rotatable bonds is 1. The van der Waals surface area contributed by atoms with Crippen LogP contribution >= 0.6 is 23.2 Å². The number of hydrogen-bond acceptors (Lipinski definition) is 4. The molecular formula is C8H10Cl2N2S2Zn. The van der Waals surface area contributed by atoms with E-state index >= 15 is 0 Å². The molecule has 0 aliphatic carbocycles. The van der Waals surface area contributed by atoms with Gasteiger partial charge in [0.15, 0.2) is 0 Å². The Kier molecular flexibility index (Phi) is 12.1. The summed E-state index contributed by atoms with van der Waals surface area (Å²) >= 11 is 21.0. The normalized spacial score (nSPS) is 8.53. The van der Waals surface area contributed by atoms with Crippen molar-refractivity contribution in [1.29, 1.82) is 0 Å². The Labute approximate surface area is 124 Å². The van der Waals surface area contributed by atoms with Crippen LogP contribution in [0.25, 0.3) is 0 Å². The van der Waals surface area contributed by atoms with E-state index in [4.69, 9.17) is 59.9 Å². The summed E-state index contributed by atoms with van der Waals surface area (Å²) in [5.41, 5.74) is 9.81. The minimum Gasteiger partial charge on any atom is -0.780 e. The molecule has 0 unspecified atom stereocenters. The second-order valence-electron chi connectivity index (χ2n) is 2.26. The van der Waals surface area contributed by atoms with Gasteiger partial charge in [0.05, 0.1) is 0 Å². The molecule has 0 heterocycles. The summed E-state index contributed by atoms with van der Waals surface area (Å²) in [5.74, 6) is 0. The molecule has 15 heavy (non-hydrogen) atoms. The summed E-state index contributed by atoms with van der Waals surface area (Å²) in [7, 11) is 0. The van der Waals surface area contributed by atoms with Crippen molar-refractivity contribution in [2.24, 2.45) is 11.5 Å². The van der Waals surface area contributed by atoms with Crippen molar-refractivity contribution in [1.82, 2.24) is 0 Å². The minimum atomic E-state index is 0. The van der Waals surface area contributed by atoms with E-state index in [1.165, 1.54) is 0 Å². The van der Waals surface area contributed by atoms with E-state index in [9.17, 15) is 0 Å². The third-order valence-electron chi connectivity index (χ3n) is 1.18. The largest absolute Gasteiger partial charge is 2.00 e. The Morgan fingerprint density at radius 1 is 0.933 bits per heavy atom. The second kappa shape index (κ2) is 9.97. The third kappa shape index (κ3) is 6.85. The Morgan fingerprint density at radius 3 is 1.40 bits per heavy atom. The van der Waals surface area contributed by atoms with Crippen molar-refractivity contribution in [2.75, 3.05) is 13.1 Å². The van der Waals surface area contributed by atoms with Crippen molar-refractivity contribution in [3.63, 3.8) is 0 Å². The van der Waals surface area contributed by atoms with E-state index in [-0.39, 0.29) is 19.5 Å². The molecule has 1 aromatic rings. The zero-order valence-corrected chi connectivity index (χ0v) is 14.1. The van der Waals surface area contributed by atoms with Crippen LogP contribution in [0.5, 0.6) is 0 Å². The van der Waals surface area contributed by atoms with Crippen LogP contribution in [0.15, 0.2) is 21.9 Å². The Bertz CT molecular complexity index is 271. The minimum absolute atomic E-state index is 0. The monoisotopic (exact) mass is 332 g/mol. The van der Waals surface area contributed by atoms with Gasteiger partial charge < -0.3 is 36.7 Å². The van der Waals surface area contributed by atoms with Crippen molar-refractivity contribution in [3.8, 4) is 0 Å². The SMILES string of the molecule is NCCN.[S-]c1c(Cl)ccc(Cl)c1[S-].[Zn+2]. The topological polar surface area (TPSA) is 52.0 Å². The molecule has 1 rings (SSSR count). The summed E-state index contributed by atoms with van der Waals surface area (Å²) in [5, 5.41) is 0.980. The molecule has 80 valence electrons. The molecule has 4 N–H and O–H groups in total. The fourth-order valence-electron chi connectivity index (χ4n) is 0.515.